The van der Waals surface area contributed by atoms with Gasteiger partial charge in [-0.1, -0.05) is 13.0 Å². The quantitative estimate of drug-likeness (QED) is 0.730. The first-order valence-electron chi connectivity index (χ1n) is 7.01. The molecular formula is C15H27N3. The van der Waals surface area contributed by atoms with Crippen LogP contribution in [-0.2, 0) is 6.42 Å². The molecule has 1 rings (SSSR count). The van der Waals surface area contributed by atoms with Crippen LogP contribution in [0.25, 0.3) is 0 Å². The van der Waals surface area contributed by atoms with Crippen LogP contribution in [0.5, 0.6) is 0 Å². The van der Waals surface area contributed by atoms with Crippen LogP contribution in [0, 0.1) is 5.92 Å². The molecule has 0 fully saturated rings. The van der Waals surface area contributed by atoms with Crippen LogP contribution < -0.4 is 5.73 Å². The number of rotatable bonds is 9. The Balaban J connectivity index is 2.09. The van der Waals surface area contributed by atoms with E-state index in [1.165, 1.54) is 25.1 Å². The summed E-state index contributed by atoms with van der Waals surface area (Å²) in [6.45, 7) is 5.36. The average Bonchev–Trinajstić information content (AvgIpc) is 2.38. The van der Waals surface area contributed by atoms with Gasteiger partial charge in [0.05, 0.1) is 0 Å². The van der Waals surface area contributed by atoms with Crippen LogP contribution in [0.3, 0.4) is 0 Å². The third-order valence-electron chi connectivity index (χ3n) is 3.37. The number of aromatic nitrogens is 1. The first kappa shape index (κ1) is 15.1. The maximum atomic E-state index is 5.56. The molecule has 0 spiro atoms. The Morgan fingerprint density at radius 1 is 1.28 bits per heavy atom. The number of nitrogens with zero attached hydrogens (tertiary/aromatic N) is 2. The summed E-state index contributed by atoms with van der Waals surface area (Å²) in [6, 6.07) is 6.11. The molecule has 0 aliphatic heterocycles. The maximum absolute atomic E-state index is 5.56. The highest BCUT2D eigenvalue weighted by atomic mass is 15.1. The van der Waals surface area contributed by atoms with Gasteiger partial charge < -0.3 is 10.6 Å². The molecule has 1 aromatic rings. The lowest BCUT2D eigenvalue weighted by Crippen LogP contribution is -2.23. The van der Waals surface area contributed by atoms with Crippen molar-refractivity contribution in [2.75, 3.05) is 26.7 Å². The smallest absolute Gasteiger partial charge is 0.0416 e. The number of nitrogens with two attached hydrogens (primary N) is 1. The van der Waals surface area contributed by atoms with Crippen molar-refractivity contribution in [1.29, 1.82) is 0 Å². The second-order valence-electron chi connectivity index (χ2n) is 5.20. The summed E-state index contributed by atoms with van der Waals surface area (Å²) in [5.41, 5.74) is 6.74. The molecule has 0 amide bonds. The molecule has 3 nitrogen and oxygen atoms in total. The molecule has 102 valence electrons. The molecule has 0 aromatic carbocycles. The van der Waals surface area contributed by atoms with Crippen LogP contribution in [0.1, 0.15) is 31.9 Å². The van der Waals surface area contributed by atoms with Gasteiger partial charge in [0.15, 0.2) is 0 Å². The normalized spacial score (nSPS) is 12.9. The molecule has 1 atom stereocenters. The van der Waals surface area contributed by atoms with E-state index in [9.17, 15) is 0 Å². The molecule has 2 N–H and O–H groups in total. The maximum Gasteiger partial charge on any atom is 0.0416 e. The van der Waals surface area contributed by atoms with Crippen LogP contribution >= 0.6 is 0 Å². The molecule has 1 heterocycles. The summed E-state index contributed by atoms with van der Waals surface area (Å²) >= 11 is 0. The third kappa shape index (κ3) is 6.72. The summed E-state index contributed by atoms with van der Waals surface area (Å²) < 4.78 is 0. The van der Waals surface area contributed by atoms with Gasteiger partial charge in [0.25, 0.3) is 0 Å². The fraction of sp³-hybridized carbons (Fsp3) is 0.667. The summed E-state index contributed by atoms with van der Waals surface area (Å²) in [5, 5.41) is 0. The Morgan fingerprint density at radius 3 is 2.78 bits per heavy atom. The van der Waals surface area contributed by atoms with E-state index in [-0.39, 0.29) is 0 Å². The van der Waals surface area contributed by atoms with Gasteiger partial charge >= 0.3 is 0 Å². The minimum atomic E-state index is 0.763. The second-order valence-corrected chi connectivity index (χ2v) is 5.20. The van der Waals surface area contributed by atoms with E-state index in [1.807, 2.05) is 12.3 Å². The van der Waals surface area contributed by atoms with Gasteiger partial charge in [-0.3, -0.25) is 4.98 Å². The lowest BCUT2D eigenvalue weighted by molar-refractivity contribution is 0.315. The lowest BCUT2D eigenvalue weighted by Gasteiger charge is -2.17. The number of hydrogen-bond donors (Lipinski definition) is 1. The third-order valence-corrected chi connectivity index (χ3v) is 3.37. The standard InChI is InChI=1S/C15H27N3/c1-14(8-10-16)6-5-12-18(2)13-9-15-7-3-4-11-17-15/h3-4,7,11,14H,5-6,8-10,12-13,16H2,1-2H3. The van der Waals surface area contributed by atoms with Crippen molar-refractivity contribution >= 4 is 0 Å². The van der Waals surface area contributed by atoms with Crippen molar-refractivity contribution in [3.05, 3.63) is 30.1 Å². The molecule has 1 aromatic heterocycles. The number of hydrogen-bond acceptors (Lipinski definition) is 3. The summed E-state index contributed by atoms with van der Waals surface area (Å²) in [7, 11) is 2.19. The zero-order chi connectivity index (χ0) is 13.2. The molecule has 0 radical (unpaired) electrons. The van der Waals surface area contributed by atoms with Gasteiger partial charge in [-0.05, 0) is 57.5 Å². The zero-order valence-corrected chi connectivity index (χ0v) is 11.8. The highest BCUT2D eigenvalue weighted by molar-refractivity contribution is 5.03. The summed E-state index contributed by atoms with van der Waals surface area (Å²) in [6.07, 6.45) is 6.60. The number of pyridine rings is 1. The van der Waals surface area contributed by atoms with Gasteiger partial charge in [0.1, 0.15) is 0 Å². The first-order chi connectivity index (χ1) is 8.72. The molecule has 18 heavy (non-hydrogen) atoms. The zero-order valence-electron chi connectivity index (χ0n) is 11.8. The van der Waals surface area contributed by atoms with Gasteiger partial charge in [-0.2, -0.15) is 0 Å². The Kier molecular flexibility index (Phi) is 7.62. The lowest BCUT2D eigenvalue weighted by atomic mass is 10.0. The Labute approximate surface area is 111 Å². The van der Waals surface area contributed by atoms with E-state index < -0.39 is 0 Å². The molecule has 0 saturated carbocycles. The van der Waals surface area contributed by atoms with E-state index in [1.54, 1.807) is 0 Å². The van der Waals surface area contributed by atoms with Crippen molar-refractivity contribution in [2.45, 2.75) is 32.6 Å². The van der Waals surface area contributed by atoms with Crippen molar-refractivity contribution < 1.29 is 0 Å². The monoisotopic (exact) mass is 249 g/mol. The number of likely N-dealkylation sites (N-methyl/N-ethyl adjacent to an activating group) is 1. The Morgan fingerprint density at radius 2 is 2.11 bits per heavy atom. The predicted octanol–water partition coefficient (Wildman–Crippen LogP) is 2.32. The topological polar surface area (TPSA) is 42.1 Å². The molecule has 0 bridgehead atoms. The van der Waals surface area contributed by atoms with Gasteiger partial charge in [0, 0.05) is 24.9 Å². The highest BCUT2D eigenvalue weighted by Gasteiger charge is 2.03. The molecule has 0 aliphatic rings. The molecular weight excluding hydrogens is 222 g/mol. The van der Waals surface area contributed by atoms with Crippen molar-refractivity contribution in [3.63, 3.8) is 0 Å². The fourth-order valence-electron chi connectivity index (χ4n) is 2.10. The van der Waals surface area contributed by atoms with Gasteiger partial charge in [0.2, 0.25) is 0 Å². The van der Waals surface area contributed by atoms with Crippen LogP contribution in [0.4, 0.5) is 0 Å². The van der Waals surface area contributed by atoms with Crippen molar-refractivity contribution in [1.82, 2.24) is 9.88 Å². The average molecular weight is 249 g/mol. The predicted molar refractivity (Wildman–Crippen MR) is 77.5 cm³/mol. The van der Waals surface area contributed by atoms with E-state index in [0.29, 0.717) is 0 Å². The summed E-state index contributed by atoms with van der Waals surface area (Å²) in [4.78, 5) is 6.74. The largest absolute Gasteiger partial charge is 0.330 e. The van der Waals surface area contributed by atoms with E-state index in [4.69, 9.17) is 5.73 Å². The molecule has 1 unspecified atom stereocenters. The second kappa shape index (κ2) is 9.06. The molecule has 0 saturated heterocycles. The van der Waals surface area contributed by atoms with Crippen LogP contribution in [0.15, 0.2) is 24.4 Å². The van der Waals surface area contributed by atoms with Gasteiger partial charge in [-0.25, -0.2) is 0 Å². The fourth-order valence-corrected chi connectivity index (χ4v) is 2.10. The SMILES string of the molecule is CC(CCN)CCCN(C)CCc1ccccn1. The van der Waals surface area contributed by atoms with E-state index in [0.717, 1.165) is 31.8 Å². The Bertz CT molecular complexity index is 300. The van der Waals surface area contributed by atoms with Crippen molar-refractivity contribution in [2.24, 2.45) is 11.7 Å². The van der Waals surface area contributed by atoms with Crippen LogP contribution in [-0.4, -0.2) is 36.6 Å². The highest BCUT2D eigenvalue weighted by Crippen LogP contribution is 2.09. The minimum absolute atomic E-state index is 0.763. The molecule has 0 aliphatic carbocycles. The van der Waals surface area contributed by atoms with Crippen molar-refractivity contribution in [3.8, 4) is 0 Å². The van der Waals surface area contributed by atoms with Gasteiger partial charge in [-0.15, -0.1) is 0 Å². The van der Waals surface area contributed by atoms with E-state index in [2.05, 4.69) is 36.0 Å². The first-order valence-corrected chi connectivity index (χ1v) is 7.01. The Hall–Kier alpha value is -0.930. The minimum Gasteiger partial charge on any atom is -0.330 e. The van der Waals surface area contributed by atoms with E-state index >= 15 is 0 Å². The van der Waals surface area contributed by atoms with Crippen LogP contribution in [0.2, 0.25) is 0 Å². The molecule has 3 heteroatoms. The summed E-state index contributed by atoms with van der Waals surface area (Å²) in [5.74, 6) is 0.763.